The van der Waals surface area contributed by atoms with Gasteiger partial charge in [-0.2, -0.15) is 4.98 Å². The normalized spacial score (nSPS) is 12.0. The Morgan fingerprint density at radius 2 is 2.21 bits per heavy atom. The number of aryl methyl sites for hydroxylation is 1. The second kappa shape index (κ2) is 5.48. The monoisotopic (exact) mass is 265 g/mol. The van der Waals surface area contributed by atoms with E-state index in [2.05, 4.69) is 27.4 Å². The van der Waals surface area contributed by atoms with Crippen molar-refractivity contribution in [3.05, 3.63) is 23.6 Å². The van der Waals surface area contributed by atoms with Crippen LogP contribution in [0.2, 0.25) is 0 Å². The highest BCUT2D eigenvalue weighted by Crippen LogP contribution is 2.16. The van der Waals surface area contributed by atoms with Crippen LogP contribution in [0.25, 0.3) is 0 Å². The first kappa shape index (κ1) is 13.7. The summed E-state index contributed by atoms with van der Waals surface area (Å²) in [6, 6.07) is 0. The zero-order valence-corrected chi connectivity index (χ0v) is 11.5. The molecule has 0 radical (unpaired) electrons. The number of aliphatic hydroxyl groups is 1. The van der Waals surface area contributed by atoms with E-state index >= 15 is 0 Å². The third kappa shape index (κ3) is 3.60. The minimum absolute atomic E-state index is 0.363. The lowest BCUT2D eigenvalue weighted by atomic mass is 10.1. The van der Waals surface area contributed by atoms with Gasteiger partial charge in [-0.1, -0.05) is 23.7 Å². The lowest BCUT2D eigenvalue weighted by Gasteiger charge is -2.11. The molecule has 0 amide bonds. The average molecular weight is 265 g/mol. The van der Waals surface area contributed by atoms with Crippen LogP contribution < -0.4 is 0 Å². The van der Waals surface area contributed by atoms with Crippen LogP contribution in [0.4, 0.5) is 0 Å². The number of hydrogen-bond acceptors (Lipinski definition) is 6. The van der Waals surface area contributed by atoms with Gasteiger partial charge in [-0.25, -0.2) is 4.68 Å². The lowest BCUT2D eigenvalue weighted by molar-refractivity contribution is 0.0737. The second-order valence-corrected chi connectivity index (χ2v) is 5.07. The number of unbranched alkanes of at least 4 members (excludes halogenated alkanes) is 1. The van der Waals surface area contributed by atoms with Crippen molar-refractivity contribution >= 4 is 0 Å². The van der Waals surface area contributed by atoms with Crippen LogP contribution >= 0.6 is 0 Å². The van der Waals surface area contributed by atoms with Gasteiger partial charge in [0.15, 0.2) is 5.82 Å². The van der Waals surface area contributed by atoms with Crippen molar-refractivity contribution in [2.75, 3.05) is 0 Å². The molecule has 0 bridgehead atoms. The third-order valence-corrected chi connectivity index (χ3v) is 2.73. The molecule has 0 unspecified atom stereocenters. The van der Waals surface area contributed by atoms with Crippen LogP contribution in [0.15, 0.2) is 10.7 Å². The van der Waals surface area contributed by atoms with Gasteiger partial charge < -0.3 is 9.63 Å². The van der Waals surface area contributed by atoms with Gasteiger partial charge in [-0.15, -0.1) is 5.10 Å². The summed E-state index contributed by atoms with van der Waals surface area (Å²) >= 11 is 0. The smallest absolute Gasteiger partial charge is 0.248 e. The summed E-state index contributed by atoms with van der Waals surface area (Å²) in [6.07, 6.45) is 4.65. The summed E-state index contributed by atoms with van der Waals surface area (Å²) in [5, 5.41) is 21.6. The Balaban J connectivity index is 2.01. The fourth-order valence-electron chi connectivity index (χ4n) is 1.59. The molecule has 7 heteroatoms. The molecule has 0 aliphatic heterocycles. The van der Waals surface area contributed by atoms with Crippen molar-refractivity contribution in [3.8, 4) is 0 Å². The van der Waals surface area contributed by atoms with Crippen LogP contribution in [-0.4, -0.2) is 30.2 Å². The van der Waals surface area contributed by atoms with Crippen LogP contribution in [0, 0.1) is 0 Å². The number of hydrogen-bond donors (Lipinski definition) is 1. The highest BCUT2D eigenvalue weighted by Gasteiger charge is 2.20. The van der Waals surface area contributed by atoms with E-state index in [0.717, 1.165) is 25.1 Å². The number of nitrogens with zero attached hydrogens (tertiary/aromatic N) is 5. The molecule has 1 N–H and O–H groups in total. The molecule has 104 valence electrons. The zero-order chi connectivity index (χ0) is 13.9. The van der Waals surface area contributed by atoms with Crippen molar-refractivity contribution < 1.29 is 9.63 Å². The largest absolute Gasteiger partial charge is 0.384 e. The van der Waals surface area contributed by atoms with Crippen molar-refractivity contribution in [3.63, 3.8) is 0 Å². The first-order valence-corrected chi connectivity index (χ1v) is 6.43. The molecule has 0 aliphatic carbocycles. The minimum atomic E-state index is -1.00. The van der Waals surface area contributed by atoms with Crippen LogP contribution in [0.3, 0.4) is 0 Å². The Hall–Kier alpha value is -1.76. The highest BCUT2D eigenvalue weighted by molar-refractivity contribution is 5.03. The van der Waals surface area contributed by atoms with E-state index in [0.29, 0.717) is 18.1 Å². The van der Waals surface area contributed by atoms with Crippen LogP contribution in [0.5, 0.6) is 0 Å². The van der Waals surface area contributed by atoms with E-state index in [1.165, 1.54) is 0 Å². The Morgan fingerprint density at radius 1 is 1.42 bits per heavy atom. The van der Waals surface area contributed by atoms with Crippen molar-refractivity contribution in [2.24, 2.45) is 0 Å². The summed E-state index contributed by atoms with van der Waals surface area (Å²) in [6.45, 7) is 5.81. The van der Waals surface area contributed by atoms with Crippen LogP contribution in [0.1, 0.15) is 51.0 Å². The fourth-order valence-corrected chi connectivity index (χ4v) is 1.59. The van der Waals surface area contributed by atoms with E-state index in [-0.39, 0.29) is 0 Å². The first-order valence-electron chi connectivity index (χ1n) is 6.43. The van der Waals surface area contributed by atoms with Gasteiger partial charge in [0.25, 0.3) is 0 Å². The third-order valence-electron chi connectivity index (χ3n) is 2.73. The Morgan fingerprint density at radius 3 is 2.84 bits per heavy atom. The quantitative estimate of drug-likeness (QED) is 0.846. The second-order valence-electron chi connectivity index (χ2n) is 5.07. The molecule has 2 aromatic heterocycles. The Kier molecular flexibility index (Phi) is 3.94. The van der Waals surface area contributed by atoms with E-state index in [4.69, 9.17) is 4.52 Å². The predicted octanol–water partition coefficient (Wildman–Crippen LogP) is 1.28. The summed E-state index contributed by atoms with van der Waals surface area (Å²) in [5.74, 6) is 1.22. The summed E-state index contributed by atoms with van der Waals surface area (Å²) in [4.78, 5) is 4.29. The Bertz CT molecular complexity index is 526. The van der Waals surface area contributed by atoms with Gasteiger partial charge in [0.05, 0.1) is 6.20 Å². The summed E-state index contributed by atoms with van der Waals surface area (Å²) < 4.78 is 6.72. The molecular weight excluding hydrogens is 246 g/mol. The molecule has 0 atom stereocenters. The van der Waals surface area contributed by atoms with Crippen molar-refractivity contribution in [1.82, 2.24) is 25.1 Å². The van der Waals surface area contributed by atoms with Gasteiger partial charge in [0.2, 0.25) is 5.89 Å². The van der Waals surface area contributed by atoms with Gasteiger partial charge >= 0.3 is 0 Å². The lowest BCUT2D eigenvalue weighted by Crippen LogP contribution is -2.15. The topological polar surface area (TPSA) is 89.9 Å². The molecule has 7 nitrogen and oxygen atoms in total. The van der Waals surface area contributed by atoms with Gasteiger partial charge in [0, 0.05) is 6.42 Å². The fraction of sp³-hybridized carbons (Fsp3) is 0.667. The van der Waals surface area contributed by atoms with Gasteiger partial charge in [-0.05, 0) is 20.3 Å². The molecule has 19 heavy (non-hydrogen) atoms. The minimum Gasteiger partial charge on any atom is -0.384 e. The molecule has 0 aromatic carbocycles. The van der Waals surface area contributed by atoms with Gasteiger partial charge in [-0.3, -0.25) is 0 Å². The SMILES string of the molecule is CCCCc1noc(Cn2cc(C(C)(C)O)nn2)n1. The van der Waals surface area contributed by atoms with Crippen molar-refractivity contribution in [1.29, 1.82) is 0 Å². The van der Waals surface area contributed by atoms with E-state index in [1.54, 1.807) is 24.7 Å². The molecule has 0 saturated heterocycles. The van der Waals surface area contributed by atoms with E-state index in [9.17, 15) is 5.11 Å². The molecule has 0 aliphatic rings. The van der Waals surface area contributed by atoms with Crippen molar-refractivity contribution in [2.45, 2.75) is 52.2 Å². The molecule has 2 rings (SSSR count). The maximum absolute atomic E-state index is 9.80. The standard InChI is InChI=1S/C12H19N5O2/c1-4-5-6-10-13-11(19-15-10)8-17-7-9(14-16-17)12(2,3)18/h7,18H,4-6,8H2,1-3H3. The maximum Gasteiger partial charge on any atom is 0.248 e. The molecular formula is C12H19N5O2. The highest BCUT2D eigenvalue weighted by atomic mass is 16.5. The van der Waals surface area contributed by atoms with Crippen LogP contribution in [-0.2, 0) is 18.6 Å². The zero-order valence-electron chi connectivity index (χ0n) is 11.5. The number of rotatable bonds is 6. The number of aromatic nitrogens is 5. The predicted molar refractivity (Wildman–Crippen MR) is 67.3 cm³/mol. The molecule has 0 fully saturated rings. The van der Waals surface area contributed by atoms with E-state index < -0.39 is 5.60 Å². The average Bonchev–Trinajstić information content (AvgIpc) is 2.95. The Labute approximate surface area is 111 Å². The summed E-state index contributed by atoms with van der Waals surface area (Å²) in [5.41, 5.74) is -0.488. The first-order chi connectivity index (χ1) is 8.99. The molecule has 2 aromatic rings. The van der Waals surface area contributed by atoms with Gasteiger partial charge in [0.1, 0.15) is 17.8 Å². The molecule has 0 saturated carbocycles. The molecule has 2 heterocycles. The molecule has 0 spiro atoms. The van der Waals surface area contributed by atoms with E-state index in [1.807, 2.05) is 0 Å². The summed E-state index contributed by atoms with van der Waals surface area (Å²) in [7, 11) is 0. The maximum atomic E-state index is 9.80.